The molecule has 1 N–H and O–H groups in total. The van der Waals surface area contributed by atoms with E-state index >= 15 is 0 Å². The summed E-state index contributed by atoms with van der Waals surface area (Å²) >= 11 is 0. The highest BCUT2D eigenvalue weighted by molar-refractivity contribution is 5.94. The number of carbonyl (C=O) groups excluding carboxylic acids is 1. The number of ether oxygens (including phenoxy) is 1. The van der Waals surface area contributed by atoms with Crippen LogP contribution >= 0.6 is 0 Å². The van der Waals surface area contributed by atoms with E-state index in [1.54, 1.807) is 0 Å². The number of morpholine rings is 1. The Morgan fingerprint density at radius 3 is 3.10 bits per heavy atom. The van der Waals surface area contributed by atoms with Crippen molar-refractivity contribution in [1.82, 2.24) is 15.1 Å². The van der Waals surface area contributed by atoms with Crippen molar-refractivity contribution in [2.75, 3.05) is 31.2 Å². The number of nitrogens with one attached hydrogen (secondary N) is 1. The molecule has 21 heavy (non-hydrogen) atoms. The molecular formula is C15H24N4O2. The first-order valence-corrected chi connectivity index (χ1v) is 7.84. The van der Waals surface area contributed by atoms with Crippen LogP contribution in [0, 0.1) is 5.92 Å². The van der Waals surface area contributed by atoms with Crippen molar-refractivity contribution in [3.8, 4) is 0 Å². The normalized spacial score (nSPS) is 27.2. The van der Waals surface area contributed by atoms with Crippen LogP contribution in [-0.4, -0.2) is 48.0 Å². The number of amides is 1. The van der Waals surface area contributed by atoms with Crippen LogP contribution in [0.4, 0.5) is 5.82 Å². The monoisotopic (exact) mass is 292 g/mol. The molecular weight excluding hydrogens is 268 g/mol. The highest BCUT2D eigenvalue weighted by atomic mass is 16.5. The number of hydrogen-bond donors (Lipinski definition) is 1. The fourth-order valence-electron chi connectivity index (χ4n) is 3.10. The smallest absolute Gasteiger partial charge is 0.269 e. The lowest BCUT2D eigenvalue weighted by atomic mass is 9.98. The van der Waals surface area contributed by atoms with E-state index in [0.717, 1.165) is 18.8 Å². The summed E-state index contributed by atoms with van der Waals surface area (Å²) in [6, 6.07) is 2.46. The predicted octanol–water partition coefficient (Wildman–Crippen LogP) is 1.44. The number of rotatable bonds is 3. The standard InChI is InChI=1S/C15H24N4O2/c1-4-10(2)13-8-16-15(20)12-7-14(17-19(12)13)18-5-6-21-9-11(18)3/h7,10-11,13H,4-6,8-9H2,1-3H3,(H,16,20)/t10-,11-,13+/m1/s1. The van der Waals surface area contributed by atoms with Crippen molar-refractivity contribution in [2.45, 2.75) is 39.3 Å². The van der Waals surface area contributed by atoms with Gasteiger partial charge in [0.25, 0.3) is 5.91 Å². The Kier molecular flexibility index (Phi) is 3.89. The van der Waals surface area contributed by atoms with E-state index in [1.165, 1.54) is 0 Å². The number of hydrogen-bond acceptors (Lipinski definition) is 4. The minimum absolute atomic E-state index is 0.0192. The number of fused-ring (bicyclic) bond motifs is 1. The second-order valence-corrected chi connectivity index (χ2v) is 6.11. The third-order valence-corrected chi connectivity index (χ3v) is 4.70. The molecule has 3 atom stereocenters. The van der Waals surface area contributed by atoms with E-state index in [4.69, 9.17) is 9.84 Å². The van der Waals surface area contributed by atoms with Gasteiger partial charge in [-0.2, -0.15) is 5.10 Å². The topological polar surface area (TPSA) is 59.4 Å². The van der Waals surface area contributed by atoms with E-state index < -0.39 is 0 Å². The van der Waals surface area contributed by atoms with E-state index in [0.29, 0.717) is 37.4 Å². The van der Waals surface area contributed by atoms with Crippen LogP contribution in [0.25, 0.3) is 0 Å². The molecule has 0 saturated carbocycles. The Hall–Kier alpha value is -1.56. The van der Waals surface area contributed by atoms with E-state index in [1.807, 2.05) is 10.7 Å². The summed E-state index contributed by atoms with van der Waals surface area (Å²) in [6.07, 6.45) is 1.07. The molecule has 116 valence electrons. The molecule has 1 aromatic heterocycles. The van der Waals surface area contributed by atoms with Crippen LogP contribution in [0.1, 0.15) is 43.7 Å². The molecule has 1 fully saturated rings. The van der Waals surface area contributed by atoms with Gasteiger partial charge >= 0.3 is 0 Å². The van der Waals surface area contributed by atoms with Gasteiger partial charge in [0.2, 0.25) is 0 Å². The van der Waals surface area contributed by atoms with Crippen LogP contribution in [0.5, 0.6) is 0 Å². The lowest BCUT2D eigenvalue weighted by Gasteiger charge is -2.33. The summed E-state index contributed by atoms with van der Waals surface area (Å²) in [6.45, 7) is 9.44. The van der Waals surface area contributed by atoms with Crippen molar-refractivity contribution in [3.63, 3.8) is 0 Å². The highest BCUT2D eigenvalue weighted by Crippen LogP contribution is 2.28. The molecule has 6 heteroatoms. The van der Waals surface area contributed by atoms with Crippen molar-refractivity contribution in [2.24, 2.45) is 5.92 Å². The molecule has 0 aliphatic carbocycles. The zero-order valence-corrected chi connectivity index (χ0v) is 13.0. The first-order valence-electron chi connectivity index (χ1n) is 7.84. The van der Waals surface area contributed by atoms with Gasteiger partial charge in [-0.3, -0.25) is 9.48 Å². The lowest BCUT2D eigenvalue weighted by molar-refractivity contribution is 0.0893. The van der Waals surface area contributed by atoms with Gasteiger partial charge in [-0.1, -0.05) is 20.3 Å². The minimum atomic E-state index is -0.0192. The van der Waals surface area contributed by atoms with Gasteiger partial charge in [0.05, 0.1) is 25.3 Å². The molecule has 0 spiro atoms. The molecule has 0 radical (unpaired) electrons. The number of aromatic nitrogens is 2. The zero-order valence-electron chi connectivity index (χ0n) is 13.0. The quantitative estimate of drug-likeness (QED) is 0.916. The average Bonchev–Trinajstić information content (AvgIpc) is 2.93. The molecule has 0 bridgehead atoms. The van der Waals surface area contributed by atoms with Gasteiger partial charge in [0.1, 0.15) is 5.69 Å². The van der Waals surface area contributed by atoms with Crippen LogP contribution in [0.3, 0.4) is 0 Å². The third kappa shape index (κ3) is 2.52. The fraction of sp³-hybridized carbons (Fsp3) is 0.733. The van der Waals surface area contributed by atoms with Crippen molar-refractivity contribution >= 4 is 11.7 Å². The van der Waals surface area contributed by atoms with Crippen molar-refractivity contribution < 1.29 is 9.53 Å². The predicted molar refractivity (Wildman–Crippen MR) is 80.7 cm³/mol. The molecule has 1 amide bonds. The summed E-state index contributed by atoms with van der Waals surface area (Å²) in [5, 5.41) is 7.74. The first kappa shape index (κ1) is 14.4. The maximum absolute atomic E-state index is 12.1. The van der Waals surface area contributed by atoms with Crippen LogP contribution in [-0.2, 0) is 4.74 Å². The van der Waals surface area contributed by atoms with E-state index in [2.05, 4.69) is 31.0 Å². The maximum atomic E-state index is 12.1. The molecule has 3 rings (SSSR count). The summed E-state index contributed by atoms with van der Waals surface area (Å²) < 4.78 is 7.41. The van der Waals surface area contributed by atoms with Crippen LogP contribution < -0.4 is 10.2 Å². The third-order valence-electron chi connectivity index (χ3n) is 4.70. The molecule has 2 aliphatic rings. The van der Waals surface area contributed by atoms with Gasteiger partial charge in [-0.05, 0) is 12.8 Å². The largest absolute Gasteiger partial charge is 0.377 e. The Labute approximate surface area is 125 Å². The fourth-order valence-corrected chi connectivity index (χ4v) is 3.10. The molecule has 2 aliphatic heterocycles. The van der Waals surface area contributed by atoms with Gasteiger partial charge in [-0.25, -0.2) is 0 Å². The maximum Gasteiger partial charge on any atom is 0.269 e. The summed E-state index contributed by atoms with van der Waals surface area (Å²) in [5.74, 6) is 1.36. The SMILES string of the molecule is CC[C@@H](C)[C@@H]1CNC(=O)c2cc(N3CCOC[C@H]3C)nn21. The second kappa shape index (κ2) is 5.67. The molecule has 0 aromatic carbocycles. The lowest BCUT2D eigenvalue weighted by Crippen LogP contribution is -2.44. The van der Waals surface area contributed by atoms with Crippen molar-refractivity contribution in [3.05, 3.63) is 11.8 Å². The second-order valence-electron chi connectivity index (χ2n) is 6.11. The molecule has 6 nitrogen and oxygen atoms in total. The van der Waals surface area contributed by atoms with Gasteiger partial charge < -0.3 is 15.0 Å². The first-order chi connectivity index (χ1) is 10.1. The highest BCUT2D eigenvalue weighted by Gasteiger charge is 2.32. The van der Waals surface area contributed by atoms with Gasteiger partial charge in [0, 0.05) is 19.2 Å². The van der Waals surface area contributed by atoms with Gasteiger partial charge in [-0.15, -0.1) is 0 Å². The number of anilines is 1. The van der Waals surface area contributed by atoms with E-state index in [-0.39, 0.29) is 11.9 Å². The Balaban J connectivity index is 1.93. The van der Waals surface area contributed by atoms with Crippen molar-refractivity contribution in [1.29, 1.82) is 0 Å². The van der Waals surface area contributed by atoms with E-state index in [9.17, 15) is 4.79 Å². The summed E-state index contributed by atoms with van der Waals surface area (Å²) in [5.41, 5.74) is 0.681. The Morgan fingerprint density at radius 1 is 1.57 bits per heavy atom. The van der Waals surface area contributed by atoms with Gasteiger partial charge in [0.15, 0.2) is 5.82 Å². The number of carbonyl (C=O) groups is 1. The number of nitrogens with zero attached hydrogens (tertiary/aromatic N) is 3. The Morgan fingerprint density at radius 2 is 2.38 bits per heavy atom. The molecule has 1 saturated heterocycles. The summed E-state index contributed by atoms with van der Waals surface area (Å²) in [4.78, 5) is 14.3. The Bertz CT molecular complexity index is 528. The molecule has 1 aromatic rings. The molecule has 0 unspecified atom stereocenters. The summed E-state index contributed by atoms with van der Waals surface area (Å²) in [7, 11) is 0. The molecule has 3 heterocycles. The average molecular weight is 292 g/mol. The minimum Gasteiger partial charge on any atom is -0.377 e. The zero-order chi connectivity index (χ0) is 15.0. The van der Waals surface area contributed by atoms with Crippen LogP contribution in [0.15, 0.2) is 6.07 Å². The van der Waals surface area contributed by atoms with Crippen LogP contribution in [0.2, 0.25) is 0 Å².